The van der Waals surface area contributed by atoms with E-state index in [0.29, 0.717) is 17.1 Å². The summed E-state index contributed by atoms with van der Waals surface area (Å²) in [7, 11) is 0. The predicted molar refractivity (Wildman–Crippen MR) is 99.9 cm³/mol. The van der Waals surface area contributed by atoms with Crippen LogP contribution in [-0.2, 0) is 0 Å². The van der Waals surface area contributed by atoms with Gasteiger partial charge in [-0.05, 0) is 34.9 Å². The summed E-state index contributed by atoms with van der Waals surface area (Å²) in [5.41, 5.74) is 11.7. The van der Waals surface area contributed by atoms with Crippen LogP contribution in [0.5, 0.6) is 0 Å². The molecule has 0 aliphatic rings. The Bertz CT molecular complexity index is 1020. The Balaban J connectivity index is 0.00000196. The summed E-state index contributed by atoms with van der Waals surface area (Å²) in [6.07, 6.45) is 0. The smallest absolute Gasteiger partial charge is 0.870 e. The first-order chi connectivity index (χ1) is 12.7. The standard InChI is InChI=1S/C18H12N6O2.K.H2O/c19-23-22-18-16(13-5-2-1-3-6-13)7-4-8-17(18)21-20-14-9-11-15(12-10-14)24(25)26;;/h1-12H;;1H2/q;+1;/p-1. The molecular formula is C18H13KN6O3. The van der Waals surface area contributed by atoms with Gasteiger partial charge in [0.2, 0.25) is 0 Å². The molecule has 0 spiro atoms. The largest absolute Gasteiger partial charge is 1.00 e. The molecule has 1 N–H and O–H groups in total. The van der Waals surface area contributed by atoms with E-state index in [2.05, 4.69) is 20.3 Å². The maximum absolute atomic E-state index is 10.7. The van der Waals surface area contributed by atoms with Crippen LogP contribution in [-0.4, -0.2) is 10.4 Å². The third-order valence-corrected chi connectivity index (χ3v) is 3.58. The molecule has 0 aromatic heterocycles. The van der Waals surface area contributed by atoms with Crippen molar-refractivity contribution in [3.63, 3.8) is 0 Å². The average molecular weight is 400 g/mol. The van der Waals surface area contributed by atoms with Gasteiger partial charge in [0, 0.05) is 17.0 Å². The number of nitro groups is 1. The Morgan fingerprint density at radius 2 is 1.57 bits per heavy atom. The van der Waals surface area contributed by atoms with Crippen LogP contribution in [0.25, 0.3) is 21.6 Å². The fraction of sp³-hybridized carbons (Fsp3) is 0. The number of hydrogen-bond donors (Lipinski definition) is 0. The normalized spacial score (nSPS) is 9.71. The van der Waals surface area contributed by atoms with Crippen molar-refractivity contribution in [2.75, 3.05) is 0 Å². The minimum Gasteiger partial charge on any atom is -0.870 e. The molecule has 28 heavy (non-hydrogen) atoms. The van der Waals surface area contributed by atoms with E-state index in [9.17, 15) is 10.1 Å². The third-order valence-electron chi connectivity index (χ3n) is 3.58. The quantitative estimate of drug-likeness (QED) is 0.161. The molecule has 0 atom stereocenters. The second-order valence-electron chi connectivity index (χ2n) is 5.20. The summed E-state index contributed by atoms with van der Waals surface area (Å²) in [6, 6.07) is 20.5. The molecule has 0 bridgehead atoms. The summed E-state index contributed by atoms with van der Waals surface area (Å²) < 4.78 is 0. The van der Waals surface area contributed by atoms with Gasteiger partial charge in [-0.15, -0.1) is 0 Å². The van der Waals surface area contributed by atoms with Crippen molar-refractivity contribution in [1.82, 2.24) is 0 Å². The minimum absolute atomic E-state index is 0. The zero-order valence-corrected chi connectivity index (χ0v) is 18.0. The number of non-ortho nitro benzene ring substituents is 1. The van der Waals surface area contributed by atoms with Crippen LogP contribution in [0.3, 0.4) is 0 Å². The van der Waals surface area contributed by atoms with Crippen molar-refractivity contribution in [1.29, 1.82) is 0 Å². The second kappa shape index (κ2) is 11.4. The average Bonchev–Trinajstić information content (AvgIpc) is 2.68. The van der Waals surface area contributed by atoms with Crippen molar-refractivity contribution >= 4 is 22.7 Å². The van der Waals surface area contributed by atoms with E-state index in [-0.39, 0.29) is 62.5 Å². The summed E-state index contributed by atoms with van der Waals surface area (Å²) in [6.45, 7) is 0. The zero-order chi connectivity index (χ0) is 18.4. The molecule has 3 rings (SSSR count). The third kappa shape index (κ3) is 5.78. The monoisotopic (exact) mass is 400 g/mol. The number of azide groups is 1. The number of nitro benzene ring substituents is 1. The van der Waals surface area contributed by atoms with E-state index < -0.39 is 4.92 Å². The first-order valence-electron chi connectivity index (χ1n) is 7.59. The van der Waals surface area contributed by atoms with Gasteiger partial charge in [0.1, 0.15) is 0 Å². The molecule has 0 amide bonds. The van der Waals surface area contributed by atoms with Gasteiger partial charge in [-0.25, -0.2) is 0 Å². The molecule has 0 saturated heterocycles. The number of nitrogens with zero attached hydrogens (tertiary/aromatic N) is 6. The van der Waals surface area contributed by atoms with E-state index in [1.54, 1.807) is 12.1 Å². The van der Waals surface area contributed by atoms with Gasteiger partial charge in [-0.1, -0.05) is 47.6 Å². The van der Waals surface area contributed by atoms with Crippen molar-refractivity contribution in [2.45, 2.75) is 0 Å². The fourth-order valence-electron chi connectivity index (χ4n) is 2.37. The summed E-state index contributed by atoms with van der Waals surface area (Å²) in [4.78, 5) is 13.1. The van der Waals surface area contributed by atoms with Gasteiger partial charge in [0.15, 0.2) is 0 Å². The Morgan fingerprint density at radius 1 is 0.893 bits per heavy atom. The predicted octanol–water partition coefficient (Wildman–Crippen LogP) is 3.45. The van der Waals surface area contributed by atoms with Crippen LogP contribution in [0.2, 0.25) is 0 Å². The van der Waals surface area contributed by atoms with Crippen LogP contribution in [0.1, 0.15) is 0 Å². The summed E-state index contributed by atoms with van der Waals surface area (Å²) in [5, 5.41) is 22.7. The van der Waals surface area contributed by atoms with E-state index >= 15 is 0 Å². The molecule has 3 aromatic rings. The number of rotatable bonds is 5. The van der Waals surface area contributed by atoms with E-state index in [1.165, 1.54) is 24.3 Å². The maximum Gasteiger partial charge on any atom is 1.00 e. The first kappa shape index (κ1) is 23.6. The zero-order valence-electron chi connectivity index (χ0n) is 14.9. The van der Waals surface area contributed by atoms with Gasteiger partial charge in [-0.2, -0.15) is 10.2 Å². The summed E-state index contributed by atoms with van der Waals surface area (Å²) >= 11 is 0. The van der Waals surface area contributed by atoms with Crippen LogP contribution < -0.4 is 51.4 Å². The Kier molecular flexibility index (Phi) is 9.63. The Hall–Kier alpha value is -2.43. The first-order valence-corrected chi connectivity index (χ1v) is 7.59. The van der Waals surface area contributed by atoms with Gasteiger partial charge in [0.25, 0.3) is 5.69 Å². The molecule has 9 nitrogen and oxygen atoms in total. The Labute approximate surface area is 202 Å². The van der Waals surface area contributed by atoms with Crippen LogP contribution in [0.15, 0.2) is 88.1 Å². The minimum atomic E-state index is -0.482. The fourth-order valence-corrected chi connectivity index (χ4v) is 2.37. The molecule has 0 heterocycles. The number of benzene rings is 3. The van der Waals surface area contributed by atoms with Crippen molar-refractivity contribution < 1.29 is 61.8 Å². The molecule has 134 valence electrons. The molecular weight excluding hydrogens is 387 g/mol. The van der Waals surface area contributed by atoms with E-state index in [0.717, 1.165) is 11.1 Å². The summed E-state index contributed by atoms with van der Waals surface area (Å²) in [5.74, 6) is 0. The maximum atomic E-state index is 10.7. The topological polar surface area (TPSA) is 147 Å². The Morgan fingerprint density at radius 3 is 2.18 bits per heavy atom. The van der Waals surface area contributed by atoms with Gasteiger partial charge < -0.3 is 5.48 Å². The molecule has 0 saturated carbocycles. The number of hydrogen-bond acceptors (Lipinski definition) is 6. The van der Waals surface area contributed by atoms with Gasteiger partial charge >= 0.3 is 51.4 Å². The van der Waals surface area contributed by atoms with E-state index in [1.807, 2.05) is 36.4 Å². The van der Waals surface area contributed by atoms with Gasteiger partial charge in [-0.3, -0.25) is 10.1 Å². The molecule has 0 fully saturated rings. The van der Waals surface area contributed by atoms with Crippen molar-refractivity contribution in [2.24, 2.45) is 15.3 Å². The second-order valence-corrected chi connectivity index (χ2v) is 5.20. The molecule has 0 unspecified atom stereocenters. The molecule has 0 aliphatic heterocycles. The molecule has 3 aromatic carbocycles. The molecule has 10 heteroatoms. The van der Waals surface area contributed by atoms with Gasteiger partial charge in [0.05, 0.1) is 22.0 Å². The van der Waals surface area contributed by atoms with Crippen LogP contribution in [0, 0.1) is 10.1 Å². The number of azo groups is 1. The van der Waals surface area contributed by atoms with Crippen LogP contribution in [0.4, 0.5) is 22.7 Å². The van der Waals surface area contributed by atoms with Crippen LogP contribution >= 0.6 is 0 Å². The molecule has 0 aliphatic carbocycles. The molecule has 0 radical (unpaired) electrons. The van der Waals surface area contributed by atoms with Crippen molar-refractivity contribution in [3.05, 3.63) is 93.4 Å². The SMILES string of the molecule is [K+].[N-]=[N+]=Nc1c(N=Nc2ccc([N+](=O)[O-])cc2)cccc1-c1ccccc1.[OH-]. The van der Waals surface area contributed by atoms with Crippen molar-refractivity contribution in [3.8, 4) is 11.1 Å². The van der Waals surface area contributed by atoms with E-state index in [4.69, 9.17) is 5.53 Å².